The fraction of sp³-hybridized carbons (Fsp3) is 0.250. The molecule has 5 nitrogen and oxygen atoms in total. The Bertz CT molecular complexity index is 1110. The molecule has 0 atom stereocenters. The largest absolute Gasteiger partial charge is 0.483 e. The summed E-state index contributed by atoms with van der Waals surface area (Å²) in [5.41, 5.74) is 4.98. The van der Waals surface area contributed by atoms with E-state index in [1.54, 1.807) is 19.1 Å². The first-order chi connectivity index (χ1) is 14.8. The van der Waals surface area contributed by atoms with Crippen molar-refractivity contribution >= 4 is 39.8 Å². The van der Waals surface area contributed by atoms with Gasteiger partial charge in [0.05, 0.1) is 6.61 Å². The van der Waals surface area contributed by atoms with Gasteiger partial charge in [-0.1, -0.05) is 29.8 Å². The fourth-order valence-corrected chi connectivity index (χ4v) is 4.25. The van der Waals surface area contributed by atoms with Gasteiger partial charge >= 0.3 is 5.97 Å². The number of hydrogen-bond donors (Lipinski definition) is 1. The minimum atomic E-state index is -0.491. The standard InChI is InChI=1S/C24H24ClNO4S/c1-5-29-24(28)22-19(17-6-8-18(25)9-7-17)13-31-23(22)26-21(27)12-30-20-11-14(2)10-15(3)16(20)4/h6-11,13H,5,12H2,1-4H3,(H,26,27). The Kier molecular flexibility index (Phi) is 7.36. The van der Waals surface area contributed by atoms with E-state index in [-0.39, 0.29) is 19.1 Å². The van der Waals surface area contributed by atoms with E-state index in [9.17, 15) is 9.59 Å². The van der Waals surface area contributed by atoms with Crippen LogP contribution in [-0.2, 0) is 9.53 Å². The van der Waals surface area contributed by atoms with Gasteiger partial charge in [-0.25, -0.2) is 4.79 Å². The molecule has 31 heavy (non-hydrogen) atoms. The molecule has 1 heterocycles. The van der Waals surface area contributed by atoms with Gasteiger partial charge < -0.3 is 14.8 Å². The number of anilines is 1. The molecule has 162 valence electrons. The lowest BCUT2D eigenvalue weighted by atomic mass is 10.0. The molecule has 0 aliphatic carbocycles. The molecule has 1 amide bonds. The van der Waals surface area contributed by atoms with Gasteiger partial charge in [0.25, 0.3) is 5.91 Å². The summed E-state index contributed by atoms with van der Waals surface area (Å²) in [6, 6.07) is 11.1. The lowest BCUT2D eigenvalue weighted by molar-refractivity contribution is -0.118. The van der Waals surface area contributed by atoms with Crippen LogP contribution in [0.4, 0.5) is 5.00 Å². The molecule has 2 aromatic carbocycles. The van der Waals surface area contributed by atoms with Crippen LogP contribution >= 0.6 is 22.9 Å². The van der Waals surface area contributed by atoms with Gasteiger partial charge in [-0.15, -0.1) is 11.3 Å². The van der Waals surface area contributed by atoms with Crippen molar-refractivity contribution in [2.75, 3.05) is 18.5 Å². The molecule has 3 rings (SSSR count). The number of halogens is 1. The number of ether oxygens (including phenoxy) is 2. The maximum atomic E-state index is 12.6. The second kappa shape index (κ2) is 9.98. The van der Waals surface area contributed by atoms with E-state index in [1.807, 2.05) is 44.4 Å². The maximum Gasteiger partial charge on any atom is 0.341 e. The van der Waals surface area contributed by atoms with Crippen LogP contribution in [0.25, 0.3) is 11.1 Å². The fourth-order valence-electron chi connectivity index (χ4n) is 3.15. The van der Waals surface area contributed by atoms with E-state index in [0.717, 1.165) is 22.3 Å². The third-order valence-electron chi connectivity index (χ3n) is 4.80. The summed E-state index contributed by atoms with van der Waals surface area (Å²) < 4.78 is 11.0. The summed E-state index contributed by atoms with van der Waals surface area (Å²) in [5.74, 6) is -0.171. The first kappa shape index (κ1) is 22.8. The molecule has 0 bridgehead atoms. The molecule has 0 fully saturated rings. The summed E-state index contributed by atoms with van der Waals surface area (Å²) in [4.78, 5) is 25.2. The number of carbonyl (C=O) groups is 2. The lowest BCUT2D eigenvalue weighted by Crippen LogP contribution is -2.21. The molecule has 0 aliphatic heterocycles. The molecule has 1 aromatic heterocycles. The van der Waals surface area contributed by atoms with Crippen LogP contribution in [0.5, 0.6) is 5.75 Å². The van der Waals surface area contributed by atoms with Crippen LogP contribution in [0.15, 0.2) is 41.8 Å². The van der Waals surface area contributed by atoms with Crippen molar-refractivity contribution in [3.05, 3.63) is 69.1 Å². The van der Waals surface area contributed by atoms with Gasteiger partial charge in [0.15, 0.2) is 6.61 Å². The van der Waals surface area contributed by atoms with E-state index >= 15 is 0 Å². The molecular formula is C24H24ClNO4S. The highest BCUT2D eigenvalue weighted by Crippen LogP contribution is 2.36. The summed E-state index contributed by atoms with van der Waals surface area (Å²) in [5, 5.41) is 5.64. The van der Waals surface area contributed by atoms with Crippen LogP contribution in [-0.4, -0.2) is 25.1 Å². The van der Waals surface area contributed by atoms with Crippen molar-refractivity contribution < 1.29 is 19.1 Å². The van der Waals surface area contributed by atoms with Gasteiger partial charge in [-0.2, -0.15) is 0 Å². The molecule has 0 spiro atoms. The number of esters is 1. The number of benzene rings is 2. The minimum absolute atomic E-state index is 0.166. The highest BCUT2D eigenvalue weighted by atomic mass is 35.5. The number of aryl methyl sites for hydroxylation is 2. The normalized spacial score (nSPS) is 10.6. The van der Waals surface area contributed by atoms with Crippen molar-refractivity contribution in [3.63, 3.8) is 0 Å². The third-order valence-corrected chi connectivity index (χ3v) is 5.95. The second-order valence-electron chi connectivity index (χ2n) is 7.12. The van der Waals surface area contributed by atoms with Gasteiger partial charge in [0, 0.05) is 16.0 Å². The number of amides is 1. The van der Waals surface area contributed by atoms with Crippen LogP contribution < -0.4 is 10.1 Å². The number of nitrogens with one attached hydrogen (secondary N) is 1. The monoisotopic (exact) mass is 457 g/mol. The summed E-state index contributed by atoms with van der Waals surface area (Å²) >= 11 is 7.25. The quantitative estimate of drug-likeness (QED) is 0.430. The van der Waals surface area contributed by atoms with Crippen LogP contribution in [0.2, 0.25) is 5.02 Å². The van der Waals surface area contributed by atoms with Crippen molar-refractivity contribution in [1.82, 2.24) is 0 Å². The maximum absolute atomic E-state index is 12.6. The molecule has 0 unspecified atom stereocenters. The van der Waals surface area contributed by atoms with E-state index in [0.29, 0.717) is 26.9 Å². The predicted molar refractivity (Wildman–Crippen MR) is 125 cm³/mol. The first-order valence-corrected chi connectivity index (χ1v) is 11.1. The summed E-state index contributed by atoms with van der Waals surface area (Å²) in [6.45, 7) is 7.75. The van der Waals surface area contributed by atoms with Gasteiger partial charge in [-0.05, 0) is 68.1 Å². The second-order valence-corrected chi connectivity index (χ2v) is 8.44. The molecule has 0 saturated carbocycles. The average molecular weight is 458 g/mol. The van der Waals surface area contributed by atoms with Gasteiger partial charge in [0.2, 0.25) is 0 Å². The topological polar surface area (TPSA) is 64.6 Å². The van der Waals surface area contributed by atoms with E-state index in [2.05, 4.69) is 11.4 Å². The van der Waals surface area contributed by atoms with E-state index in [4.69, 9.17) is 21.1 Å². The average Bonchev–Trinajstić information content (AvgIpc) is 3.13. The van der Waals surface area contributed by atoms with Gasteiger partial charge in [-0.3, -0.25) is 4.79 Å². The molecule has 3 aromatic rings. The van der Waals surface area contributed by atoms with Gasteiger partial charge in [0.1, 0.15) is 16.3 Å². The molecule has 0 aliphatic rings. The molecule has 0 saturated heterocycles. The van der Waals surface area contributed by atoms with E-state index < -0.39 is 5.97 Å². The third kappa shape index (κ3) is 5.46. The van der Waals surface area contributed by atoms with Crippen molar-refractivity contribution in [3.8, 4) is 16.9 Å². The Hall–Kier alpha value is -2.83. The van der Waals surface area contributed by atoms with Crippen LogP contribution in [0.3, 0.4) is 0 Å². The number of thiophene rings is 1. The highest BCUT2D eigenvalue weighted by molar-refractivity contribution is 7.15. The molecular weight excluding hydrogens is 434 g/mol. The minimum Gasteiger partial charge on any atom is -0.483 e. The van der Waals surface area contributed by atoms with Crippen molar-refractivity contribution in [2.24, 2.45) is 0 Å². The number of carbonyl (C=O) groups excluding carboxylic acids is 2. The SMILES string of the molecule is CCOC(=O)c1c(-c2ccc(Cl)cc2)csc1NC(=O)COc1cc(C)cc(C)c1C. The number of hydrogen-bond acceptors (Lipinski definition) is 5. The number of rotatable bonds is 7. The van der Waals surface area contributed by atoms with Crippen molar-refractivity contribution in [2.45, 2.75) is 27.7 Å². The van der Waals surface area contributed by atoms with Crippen LogP contribution in [0, 0.1) is 20.8 Å². The first-order valence-electron chi connectivity index (χ1n) is 9.85. The Balaban J connectivity index is 1.81. The Morgan fingerprint density at radius 3 is 2.48 bits per heavy atom. The smallest absolute Gasteiger partial charge is 0.341 e. The summed E-state index contributed by atoms with van der Waals surface area (Å²) in [7, 11) is 0. The highest BCUT2D eigenvalue weighted by Gasteiger charge is 2.23. The predicted octanol–water partition coefficient (Wildman–Crippen LogP) is 6.19. The zero-order valence-corrected chi connectivity index (χ0v) is 19.4. The molecule has 0 radical (unpaired) electrons. The zero-order chi connectivity index (χ0) is 22.5. The Labute approximate surface area is 191 Å². The van der Waals surface area contributed by atoms with E-state index in [1.165, 1.54) is 11.3 Å². The summed E-state index contributed by atoms with van der Waals surface area (Å²) in [6.07, 6.45) is 0. The zero-order valence-electron chi connectivity index (χ0n) is 17.9. The molecule has 7 heteroatoms. The van der Waals surface area contributed by atoms with Crippen LogP contribution in [0.1, 0.15) is 34.0 Å². The van der Waals surface area contributed by atoms with Crippen molar-refractivity contribution in [1.29, 1.82) is 0 Å². The lowest BCUT2D eigenvalue weighted by Gasteiger charge is -2.13. The Morgan fingerprint density at radius 1 is 1.10 bits per heavy atom. The Morgan fingerprint density at radius 2 is 1.81 bits per heavy atom. The molecule has 1 N–H and O–H groups in total.